The van der Waals surface area contributed by atoms with Crippen LogP contribution in [0, 0.1) is 6.08 Å². The zero-order valence-corrected chi connectivity index (χ0v) is 14.7. The van der Waals surface area contributed by atoms with E-state index in [0.717, 1.165) is 6.61 Å². The van der Waals surface area contributed by atoms with Crippen LogP contribution in [-0.2, 0) is 21.5 Å². The van der Waals surface area contributed by atoms with E-state index in [0.29, 0.717) is 16.6 Å². The molecule has 0 bridgehead atoms. The van der Waals surface area contributed by atoms with Gasteiger partial charge in [-0.2, -0.15) is 6.92 Å². The summed E-state index contributed by atoms with van der Waals surface area (Å²) in [6.07, 6.45) is 5.02. The summed E-state index contributed by atoms with van der Waals surface area (Å²) in [6, 6.07) is 0. The molecule has 0 aromatic rings. The number of hydrogen-bond acceptors (Lipinski definition) is 1. The van der Waals surface area contributed by atoms with E-state index >= 15 is 0 Å². The number of hydrogen-bond donors (Lipinski definition) is 0. The SMILES string of the molecule is C[C-]=CCO[Si](C(C)C)(C(C)C)C(C)C.[Cu+].[Li]. The molecular formula is C13H27CuLiOSi. The molecule has 0 aliphatic rings. The second kappa shape index (κ2) is 10.9. The molecule has 0 saturated carbocycles. The van der Waals surface area contributed by atoms with Crippen LogP contribution in [0.15, 0.2) is 6.08 Å². The second-order valence-electron chi connectivity index (χ2n) is 5.12. The minimum atomic E-state index is -1.64. The van der Waals surface area contributed by atoms with Gasteiger partial charge in [0.2, 0.25) is 8.32 Å². The van der Waals surface area contributed by atoms with Gasteiger partial charge in [0.05, 0.1) is 0 Å². The van der Waals surface area contributed by atoms with E-state index in [4.69, 9.17) is 4.43 Å². The van der Waals surface area contributed by atoms with Crippen LogP contribution in [0.25, 0.3) is 0 Å². The zero-order chi connectivity index (χ0) is 12.1. The summed E-state index contributed by atoms with van der Waals surface area (Å²) in [5.74, 6) is 0. The molecule has 4 heteroatoms. The van der Waals surface area contributed by atoms with Gasteiger partial charge in [-0.15, -0.1) is 0 Å². The van der Waals surface area contributed by atoms with Gasteiger partial charge < -0.3 is 10.5 Å². The van der Waals surface area contributed by atoms with Gasteiger partial charge in [0.25, 0.3) is 0 Å². The molecule has 17 heavy (non-hydrogen) atoms. The Kier molecular flexibility index (Phi) is 14.9. The van der Waals surface area contributed by atoms with Crippen molar-refractivity contribution in [1.82, 2.24) is 0 Å². The first kappa shape index (κ1) is 23.2. The van der Waals surface area contributed by atoms with Crippen molar-refractivity contribution in [3.63, 3.8) is 0 Å². The molecule has 0 N–H and O–H groups in total. The molecule has 0 aliphatic heterocycles. The van der Waals surface area contributed by atoms with E-state index in [9.17, 15) is 0 Å². The van der Waals surface area contributed by atoms with Gasteiger partial charge in [-0.1, -0.05) is 41.5 Å². The average molecular weight is 298 g/mol. The monoisotopic (exact) mass is 297 g/mol. The van der Waals surface area contributed by atoms with E-state index in [-0.39, 0.29) is 35.9 Å². The van der Waals surface area contributed by atoms with Crippen LogP contribution in [0.2, 0.25) is 16.6 Å². The van der Waals surface area contributed by atoms with Gasteiger partial charge in [0, 0.05) is 25.5 Å². The Morgan fingerprint density at radius 3 is 1.59 bits per heavy atom. The fraction of sp³-hybridized carbons (Fsp3) is 0.846. The third-order valence-electron chi connectivity index (χ3n) is 3.33. The molecule has 0 unspecified atom stereocenters. The minimum Gasteiger partial charge on any atom is -0.502 e. The van der Waals surface area contributed by atoms with Gasteiger partial charge in [-0.05, 0) is 16.6 Å². The smallest absolute Gasteiger partial charge is 0.502 e. The molecule has 0 aromatic heterocycles. The molecule has 0 fully saturated rings. The van der Waals surface area contributed by atoms with Crippen LogP contribution in [-0.4, -0.2) is 33.8 Å². The molecule has 0 amide bonds. The van der Waals surface area contributed by atoms with Gasteiger partial charge in [-0.25, -0.2) is 6.08 Å². The van der Waals surface area contributed by atoms with E-state index in [1.807, 2.05) is 13.0 Å². The molecule has 0 aromatic carbocycles. The molecule has 0 heterocycles. The van der Waals surface area contributed by atoms with Crippen LogP contribution in [0.1, 0.15) is 48.5 Å². The van der Waals surface area contributed by atoms with Gasteiger partial charge >= 0.3 is 17.1 Å². The van der Waals surface area contributed by atoms with E-state index in [1.54, 1.807) is 0 Å². The van der Waals surface area contributed by atoms with Crippen LogP contribution >= 0.6 is 0 Å². The molecule has 0 rings (SSSR count). The first-order valence-electron chi connectivity index (χ1n) is 6.02. The molecule has 0 aliphatic carbocycles. The van der Waals surface area contributed by atoms with Crippen LogP contribution in [0.5, 0.6) is 0 Å². The summed E-state index contributed by atoms with van der Waals surface area (Å²) >= 11 is 0. The summed E-state index contributed by atoms with van der Waals surface area (Å²) < 4.78 is 6.28. The summed E-state index contributed by atoms with van der Waals surface area (Å²) in [6.45, 7) is 16.5. The Hall–Kier alpha value is 1.03. The van der Waals surface area contributed by atoms with Gasteiger partial charge in [0.1, 0.15) is 0 Å². The fourth-order valence-corrected chi connectivity index (χ4v) is 8.14. The average Bonchev–Trinajstić information content (AvgIpc) is 2.10. The topological polar surface area (TPSA) is 9.23 Å². The van der Waals surface area contributed by atoms with Gasteiger partial charge in [0.15, 0.2) is 0 Å². The predicted octanol–water partition coefficient (Wildman–Crippen LogP) is 4.17. The maximum absolute atomic E-state index is 6.28. The standard InChI is InChI=1S/C13H27OSi.Cu.Li/c1-8-9-10-14-15(11(2)3,12(4)5)13(6)7;;/h9,11-13H,10H2,1-7H3;;/q-1;+1;. The largest absolute Gasteiger partial charge is 1.00 e. The number of rotatable bonds is 6. The Morgan fingerprint density at radius 1 is 1.00 bits per heavy atom. The predicted molar refractivity (Wildman–Crippen MR) is 76.2 cm³/mol. The second-order valence-corrected chi connectivity index (χ2v) is 10.6. The quantitative estimate of drug-likeness (QED) is 0.528. The molecule has 1 radical (unpaired) electrons. The normalized spacial score (nSPS) is 12.1. The molecule has 101 valence electrons. The molecule has 0 spiro atoms. The van der Waals surface area contributed by atoms with Crippen LogP contribution < -0.4 is 0 Å². The van der Waals surface area contributed by atoms with Crippen molar-refractivity contribution in [2.75, 3.05) is 6.61 Å². The van der Waals surface area contributed by atoms with Crippen molar-refractivity contribution < 1.29 is 21.5 Å². The number of allylic oxidation sites excluding steroid dienone is 1. The van der Waals surface area contributed by atoms with Crippen molar-refractivity contribution in [2.24, 2.45) is 0 Å². The van der Waals surface area contributed by atoms with E-state index < -0.39 is 8.32 Å². The van der Waals surface area contributed by atoms with Crippen molar-refractivity contribution >= 4 is 27.2 Å². The van der Waals surface area contributed by atoms with Crippen LogP contribution in [0.3, 0.4) is 0 Å². The maximum atomic E-state index is 6.28. The van der Waals surface area contributed by atoms with Crippen molar-refractivity contribution in [3.05, 3.63) is 12.2 Å². The Balaban J connectivity index is -0.000000980. The molecule has 0 atom stereocenters. The Labute approximate surface area is 132 Å². The minimum absolute atomic E-state index is 0. The summed E-state index contributed by atoms with van der Waals surface area (Å²) in [5, 5.41) is 0. The van der Waals surface area contributed by atoms with Crippen molar-refractivity contribution in [3.8, 4) is 0 Å². The Bertz CT molecular complexity index is 184. The molecule has 0 saturated heterocycles. The zero-order valence-electron chi connectivity index (χ0n) is 12.7. The maximum Gasteiger partial charge on any atom is 1.00 e. The Morgan fingerprint density at radius 2 is 1.35 bits per heavy atom. The van der Waals surface area contributed by atoms with Crippen LogP contribution in [0.4, 0.5) is 0 Å². The third-order valence-corrected chi connectivity index (χ3v) is 9.41. The summed E-state index contributed by atoms with van der Waals surface area (Å²) in [4.78, 5) is 0. The third kappa shape index (κ3) is 6.14. The van der Waals surface area contributed by atoms with Crippen molar-refractivity contribution in [2.45, 2.75) is 65.1 Å². The molecular weight excluding hydrogens is 271 g/mol. The van der Waals surface area contributed by atoms with Crippen molar-refractivity contribution in [1.29, 1.82) is 0 Å². The van der Waals surface area contributed by atoms with E-state index in [1.165, 1.54) is 0 Å². The molecule has 1 nitrogen and oxygen atoms in total. The first-order valence-corrected chi connectivity index (χ1v) is 8.16. The fourth-order valence-electron chi connectivity index (χ4n) is 2.77. The summed E-state index contributed by atoms with van der Waals surface area (Å²) in [5.41, 5.74) is 2.01. The summed E-state index contributed by atoms with van der Waals surface area (Å²) in [7, 11) is -1.64. The van der Waals surface area contributed by atoms with E-state index in [2.05, 4.69) is 47.6 Å². The van der Waals surface area contributed by atoms with Gasteiger partial charge in [-0.3, -0.25) is 0 Å². The first-order chi connectivity index (χ1) is 6.89.